The van der Waals surface area contributed by atoms with Crippen LogP contribution in [0.15, 0.2) is 48.5 Å². The van der Waals surface area contributed by atoms with Gasteiger partial charge in [0.1, 0.15) is 11.5 Å². The van der Waals surface area contributed by atoms with Gasteiger partial charge in [-0.15, -0.1) is 0 Å². The average Bonchev–Trinajstić information content (AvgIpc) is 2.59. The van der Waals surface area contributed by atoms with Crippen molar-refractivity contribution < 1.29 is 14.3 Å². The number of rotatable bonds is 6. The molecule has 0 aliphatic rings. The predicted molar refractivity (Wildman–Crippen MR) is 95.7 cm³/mol. The summed E-state index contributed by atoms with van der Waals surface area (Å²) >= 11 is 0. The molecule has 24 heavy (non-hydrogen) atoms. The average molecular weight is 328 g/mol. The highest BCUT2D eigenvalue weighted by molar-refractivity contribution is 5.89. The van der Waals surface area contributed by atoms with Crippen molar-refractivity contribution in [3.05, 3.63) is 54.1 Å². The van der Waals surface area contributed by atoms with Crippen LogP contribution in [0.3, 0.4) is 0 Å². The number of methoxy groups -OCH3 is 2. The van der Waals surface area contributed by atoms with Crippen LogP contribution in [0.1, 0.15) is 25.5 Å². The van der Waals surface area contributed by atoms with Crippen molar-refractivity contribution in [2.45, 2.75) is 19.9 Å². The molecular weight excluding hydrogens is 304 g/mol. The van der Waals surface area contributed by atoms with Crippen LogP contribution in [-0.2, 0) is 0 Å². The summed E-state index contributed by atoms with van der Waals surface area (Å²) in [6.45, 7) is 4.14. The Labute approximate surface area is 143 Å². The number of nitrogens with one attached hydrogen (secondary N) is 2. The molecule has 0 spiro atoms. The fourth-order valence-corrected chi connectivity index (χ4v) is 2.46. The van der Waals surface area contributed by atoms with Crippen molar-refractivity contribution in [1.82, 2.24) is 5.32 Å². The number of amides is 2. The van der Waals surface area contributed by atoms with Crippen LogP contribution in [0.4, 0.5) is 10.5 Å². The number of benzene rings is 2. The van der Waals surface area contributed by atoms with Crippen molar-refractivity contribution in [2.24, 2.45) is 5.92 Å². The molecule has 2 rings (SSSR count). The molecule has 128 valence electrons. The second-order valence-corrected chi connectivity index (χ2v) is 5.83. The van der Waals surface area contributed by atoms with Crippen LogP contribution in [-0.4, -0.2) is 20.3 Å². The number of anilines is 1. The van der Waals surface area contributed by atoms with Crippen LogP contribution >= 0.6 is 0 Å². The summed E-state index contributed by atoms with van der Waals surface area (Å²) in [5.74, 6) is 1.74. The van der Waals surface area contributed by atoms with Crippen molar-refractivity contribution in [3.63, 3.8) is 0 Å². The highest BCUT2D eigenvalue weighted by atomic mass is 16.5. The monoisotopic (exact) mass is 328 g/mol. The zero-order valence-electron chi connectivity index (χ0n) is 14.5. The zero-order valence-corrected chi connectivity index (χ0v) is 14.5. The SMILES string of the molecule is COc1ccc(C(NC(=O)Nc2cccc(OC)c2)C(C)C)cc1. The van der Waals surface area contributed by atoms with E-state index >= 15 is 0 Å². The minimum absolute atomic E-state index is 0.0958. The molecule has 2 aromatic rings. The molecular formula is C19H24N2O3. The van der Waals surface area contributed by atoms with Gasteiger partial charge in [0.2, 0.25) is 0 Å². The largest absolute Gasteiger partial charge is 0.497 e. The molecule has 0 aliphatic carbocycles. The molecule has 5 nitrogen and oxygen atoms in total. The Morgan fingerprint density at radius 3 is 2.21 bits per heavy atom. The van der Waals surface area contributed by atoms with Gasteiger partial charge in [0.05, 0.1) is 20.3 Å². The molecule has 2 aromatic carbocycles. The standard InChI is InChI=1S/C19H24N2O3/c1-13(2)18(14-8-10-16(23-3)11-9-14)21-19(22)20-15-6-5-7-17(12-15)24-4/h5-13,18H,1-4H3,(H2,20,21,22). The van der Waals surface area contributed by atoms with Crippen LogP contribution in [0.2, 0.25) is 0 Å². The highest BCUT2D eigenvalue weighted by Crippen LogP contribution is 2.24. The highest BCUT2D eigenvalue weighted by Gasteiger charge is 2.18. The summed E-state index contributed by atoms with van der Waals surface area (Å²) in [4.78, 5) is 12.3. The van der Waals surface area contributed by atoms with E-state index in [1.165, 1.54) is 0 Å². The van der Waals surface area contributed by atoms with E-state index in [9.17, 15) is 4.79 Å². The number of carbonyl (C=O) groups excluding carboxylic acids is 1. The molecule has 0 saturated carbocycles. The first kappa shape index (κ1) is 17.7. The van der Waals surface area contributed by atoms with Crippen LogP contribution in [0, 0.1) is 5.92 Å². The first-order valence-electron chi connectivity index (χ1n) is 7.89. The number of hydrogen-bond donors (Lipinski definition) is 2. The summed E-state index contributed by atoms with van der Waals surface area (Å²) in [7, 11) is 3.23. The maximum Gasteiger partial charge on any atom is 0.319 e. The van der Waals surface area contributed by atoms with Crippen molar-refractivity contribution in [1.29, 1.82) is 0 Å². The Balaban J connectivity index is 2.07. The van der Waals surface area contributed by atoms with Gasteiger partial charge in [-0.2, -0.15) is 0 Å². The summed E-state index contributed by atoms with van der Waals surface area (Å²) in [6, 6.07) is 14.6. The van der Waals surface area contributed by atoms with Crippen LogP contribution < -0.4 is 20.1 Å². The Morgan fingerprint density at radius 1 is 0.958 bits per heavy atom. The van der Waals surface area contributed by atoms with Gasteiger partial charge in [-0.3, -0.25) is 0 Å². The quantitative estimate of drug-likeness (QED) is 0.834. The predicted octanol–water partition coefficient (Wildman–Crippen LogP) is 4.22. The lowest BCUT2D eigenvalue weighted by atomic mass is 9.96. The fraction of sp³-hybridized carbons (Fsp3) is 0.316. The van der Waals surface area contributed by atoms with E-state index in [2.05, 4.69) is 24.5 Å². The third-order valence-electron chi connectivity index (χ3n) is 3.76. The third kappa shape index (κ3) is 4.65. The van der Waals surface area contributed by atoms with Crippen molar-refractivity contribution in [3.8, 4) is 11.5 Å². The minimum Gasteiger partial charge on any atom is -0.497 e. The molecule has 2 N–H and O–H groups in total. The van der Waals surface area contributed by atoms with E-state index in [1.54, 1.807) is 20.3 Å². The molecule has 5 heteroatoms. The summed E-state index contributed by atoms with van der Waals surface area (Å²) in [5, 5.41) is 5.86. The number of hydrogen-bond acceptors (Lipinski definition) is 3. The molecule has 2 amide bonds. The Morgan fingerprint density at radius 2 is 1.62 bits per heavy atom. The van der Waals surface area contributed by atoms with Gasteiger partial charge in [-0.05, 0) is 35.7 Å². The molecule has 0 fully saturated rings. The van der Waals surface area contributed by atoms with Gasteiger partial charge in [0.25, 0.3) is 0 Å². The van der Waals surface area contributed by atoms with Gasteiger partial charge >= 0.3 is 6.03 Å². The number of ether oxygens (including phenoxy) is 2. The van der Waals surface area contributed by atoms with E-state index < -0.39 is 0 Å². The normalized spacial score (nSPS) is 11.7. The number of urea groups is 1. The van der Waals surface area contributed by atoms with Crippen LogP contribution in [0.5, 0.6) is 11.5 Å². The summed E-state index contributed by atoms with van der Waals surface area (Å²) in [6.07, 6.45) is 0. The fourth-order valence-electron chi connectivity index (χ4n) is 2.46. The lowest BCUT2D eigenvalue weighted by Gasteiger charge is -2.23. The van der Waals surface area contributed by atoms with Crippen molar-refractivity contribution >= 4 is 11.7 Å². The van der Waals surface area contributed by atoms with E-state index in [-0.39, 0.29) is 18.0 Å². The Bertz CT molecular complexity index is 669. The van der Waals surface area contributed by atoms with Crippen LogP contribution in [0.25, 0.3) is 0 Å². The summed E-state index contributed by atoms with van der Waals surface area (Å²) in [5.41, 5.74) is 1.72. The summed E-state index contributed by atoms with van der Waals surface area (Å²) < 4.78 is 10.3. The third-order valence-corrected chi connectivity index (χ3v) is 3.76. The maximum atomic E-state index is 12.3. The topological polar surface area (TPSA) is 59.6 Å². The zero-order chi connectivity index (χ0) is 17.5. The molecule has 1 unspecified atom stereocenters. The van der Waals surface area contributed by atoms with E-state index in [1.807, 2.05) is 42.5 Å². The van der Waals surface area contributed by atoms with Gasteiger partial charge in [0, 0.05) is 11.8 Å². The maximum absolute atomic E-state index is 12.3. The second-order valence-electron chi connectivity index (χ2n) is 5.83. The molecule has 0 aliphatic heterocycles. The van der Waals surface area contributed by atoms with Gasteiger partial charge in [0.15, 0.2) is 0 Å². The smallest absolute Gasteiger partial charge is 0.319 e. The Kier molecular flexibility index (Phi) is 6.07. The molecule has 0 aromatic heterocycles. The molecule has 0 bridgehead atoms. The lowest BCUT2D eigenvalue weighted by molar-refractivity contribution is 0.244. The van der Waals surface area contributed by atoms with Gasteiger partial charge in [-0.25, -0.2) is 4.79 Å². The molecule has 1 atom stereocenters. The Hall–Kier alpha value is -2.69. The van der Waals surface area contributed by atoms with E-state index in [0.29, 0.717) is 11.4 Å². The van der Waals surface area contributed by atoms with Gasteiger partial charge < -0.3 is 20.1 Å². The second kappa shape index (κ2) is 8.24. The first-order valence-corrected chi connectivity index (χ1v) is 7.89. The molecule has 0 radical (unpaired) electrons. The van der Waals surface area contributed by atoms with Crippen molar-refractivity contribution in [2.75, 3.05) is 19.5 Å². The minimum atomic E-state index is -0.252. The first-order chi connectivity index (χ1) is 11.5. The van der Waals surface area contributed by atoms with E-state index in [0.717, 1.165) is 11.3 Å². The van der Waals surface area contributed by atoms with Gasteiger partial charge in [-0.1, -0.05) is 32.0 Å². The lowest BCUT2D eigenvalue weighted by Crippen LogP contribution is -2.35. The number of carbonyl (C=O) groups is 1. The molecule has 0 heterocycles. The van der Waals surface area contributed by atoms with E-state index in [4.69, 9.17) is 9.47 Å². The molecule has 0 saturated heterocycles.